The summed E-state index contributed by atoms with van der Waals surface area (Å²) in [4.78, 5) is 3.13. The lowest BCUT2D eigenvalue weighted by Crippen LogP contribution is -3.27. The molecule has 0 aliphatic carbocycles. The average Bonchev–Trinajstić information content (AvgIpc) is 3.21. The number of benzene rings is 2. The Balaban J connectivity index is 1.34. The topological polar surface area (TPSA) is 47.8 Å². The van der Waals surface area contributed by atoms with Crippen LogP contribution in [0.15, 0.2) is 59.0 Å². The van der Waals surface area contributed by atoms with Crippen LogP contribution in [0.2, 0.25) is 5.02 Å². The van der Waals surface area contributed by atoms with Gasteiger partial charge in [0.2, 0.25) is 5.89 Å². The number of piperazine rings is 1. The van der Waals surface area contributed by atoms with Crippen LogP contribution in [0, 0.1) is 0 Å². The molecule has 2 N–H and O–H groups in total. The molecule has 5 nitrogen and oxygen atoms in total. The monoisotopic (exact) mass is 384 g/mol. The smallest absolute Gasteiger partial charge is 0.274 e. The summed E-state index contributed by atoms with van der Waals surface area (Å²) in [6.45, 7) is 7.73. The van der Waals surface area contributed by atoms with Crippen molar-refractivity contribution in [2.75, 3.05) is 26.2 Å². The van der Waals surface area contributed by atoms with Gasteiger partial charge in [-0.25, -0.2) is 0 Å². The first kappa shape index (κ1) is 18.2. The highest BCUT2D eigenvalue weighted by Crippen LogP contribution is 2.19. The summed E-state index contributed by atoms with van der Waals surface area (Å²) >= 11 is 5.98. The van der Waals surface area contributed by atoms with Crippen molar-refractivity contribution in [2.45, 2.75) is 19.5 Å². The highest BCUT2D eigenvalue weighted by atomic mass is 35.5. The molecule has 0 spiro atoms. The lowest BCUT2D eigenvalue weighted by atomic mass is 10.2. The SMILES string of the molecule is C[C@H](c1nnc(-c2ccccc2)o1)[NH+]1CC[NH+](Cc2ccc(Cl)cc2)CC1. The van der Waals surface area contributed by atoms with Gasteiger partial charge in [-0.2, -0.15) is 0 Å². The van der Waals surface area contributed by atoms with Gasteiger partial charge in [-0.05, 0) is 31.2 Å². The largest absolute Gasteiger partial charge is 0.415 e. The zero-order valence-electron chi connectivity index (χ0n) is 15.5. The normalized spacial score (nSPS) is 21.1. The van der Waals surface area contributed by atoms with Gasteiger partial charge in [0.1, 0.15) is 32.7 Å². The van der Waals surface area contributed by atoms with Gasteiger partial charge in [0.25, 0.3) is 5.89 Å². The second-order valence-electron chi connectivity index (χ2n) is 7.24. The van der Waals surface area contributed by atoms with E-state index in [-0.39, 0.29) is 6.04 Å². The summed E-state index contributed by atoms with van der Waals surface area (Å²) in [5.41, 5.74) is 2.31. The summed E-state index contributed by atoms with van der Waals surface area (Å²) in [5, 5.41) is 9.34. The van der Waals surface area contributed by atoms with E-state index in [0.29, 0.717) is 5.89 Å². The summed E-state index contributed by atoms with van der Waals surface area (Å²) in [6.07, 6.45) is 0. The van der Waals surface area contributed by atoms with E-state index in [1.165, 1.54) is 10.5 Å². The van der Waals surface area contributed by atoms with Crippen LogP contribution in [0.25, 0.3) is 11.5 Å². The number of nitrogens with zero attached hydrogens (tertiary/aromatic N) is 2. The third kappa shape index (κ3) is 4.38. The fourth-order valence-corrected chi connectivity index (χ4v) is 3.83. The Kier molecular flexibility index (Phi) is 5.53. The fourth-order valence-electron chi connectivity index (χ4n) is 3.71. The van der Waals surface area contributed by atoms with Crippen molar-refractivity contribution in [1.29, 1.82) is 0 Å². The Morgan fingerprint density at radius 3 is 2.37 bits per heavy atom. The van der Waals surface area contributed by atoms with Crippen LogP contribution in [0.1, 0.15) is 24.4 Å². The molecule has 1 aliphatic rings. The highest BCUT2D eigenvalue weighted by Gasteiger charge is 2.31. The molecular formula is C21H25ClN4O+2. The minimum Gasteiger partial charge on any atom is -0.415 e. The molecule has 1 atom stereocenters. The van der Waals surface area contributed by atoms with Crippen molar-refractivity contribution in [2.24, 2.45) is 0 Å². The molecule has 1 aliphatic heterocycles. The van der Waals surface area contributed by atoms with Crippen LogP contribution in [0.4, 0.5) is 0 Å². The van der Waals surface area contributed by atoms with E-state index >= 15 is 0 Å². The second-order valence-corrected chi connectivity index (χ2v) is 7.68. The minimum atomic E-state index is 0.215. The summed E-state index contributed by atoms with van der Waals surface area (Å²) in [5.74, 6) is 1.33. The lowest BCUT2D eigenvalue weighted by Gasteiger charge is -2.32. The van der Waals surface area contributed by atoms with E-state index < -0.39 is 0 Å². The Labute approximate surface area is 164 Å². The molecule has 0 saturated carbocycles. The van der Waals surface area contributed by atoms with Crippen molar-refractivity contribution in [1.82, 2.24) is 10.2 Å². The third-order valence-corrected chi connectivity index (χ3v) is 5.66. The molecule has 1 fully saturated rings. The van der Waals surface area contributed by atoms with Crippen LogP contribution in [-0.4, -0.2) is 36.4 Å². The van der Waals surface area contributed by atoms with Gasteiger partial charge in [-0.1, -0.05) is 41.9 Å². The van der Waals surface area contributed by atoms with Crippen LogP contribution in [0.3, 0.4) is 0 Å². The molecule has 0 unspecified atom stereocenters. The number of quaternary nitrogens is 2. The van der Waals surface area contributed by atoms with Gasteiger partial charge in [-0.15, -0.1) is 10.2 Å². The maximum absolute atomic E-state index is 5.98. The Morgan fingerprint density at radius 1 is 0.963 bits per heavy atom. The molecule has 2 heterocycles. The summed E-state index contributed by atoms with van der Waals surface area (Å²) in [7, 11) is 0. The number of rotatable bonds is 5. The maximum Gasteiger partial charge on any atom is 0.274 e. The van der Waals surface area contributed by atoms with Crippen molar-refractivity contribution < 1.29 is 14.2 Å². The van der Waals surface area contributed by atoms with Crippen LogP contribution in [-0.2, 0) is 6.54 Å². The first-order valence-electron chi connectivity index (χ1n) is 9.50. The first-order chi connectivity index (χ1) is 13.2. The molecule has 4 rings (SSSR count). The highest BCUT2D eigenvalue weighted by molar-refractivity contribution is 6.30. The predicted molar refractivity (Wildman–Crippen MR) is 105 cm³/mol. The number of nitrogens with one attached hydrogen (secondary N) is 2. The van der Waals surface area contributed by atoms with Gasteiger partial charge in [0.05, 0.1) is 0 Å². The molecule has 6 heteroatoms. The first-order valence-corrected chi connectivity index (χ1v) is 9.88. The second kappa shape index (κ2) is 8.21. The average molecular weight is 385 g/mol. The van der Waals surface area contributed by atoms with E-state index in [1.54, 1.807) is 4.90 Å². The lowest BCUT2D eigenvalue weighted by molar-refractivity contribution is -1.03. The molecule has 3 aromatic rings. The Bertz CT molecular complexity index is 857. The molecule has 0 amide bonds. The van der Waals surface area contributed by atoms with E-state index in [9.17, 15) is 0 Å². The number of hydrogen-bond acceptors (Lipinski definition) is 3. The van der Waals surface area contributed by atoms with Crippen LogP contribution < -0.4 is 9.80 Å². The standard InChI is InChI=1S/C21H23ClN4O/c1-16(20-23-24-21(27-20)18-5-3-2-4-6-18)26-13-11-25(12-14-26)15-17-7-9-19(22)10-8-17/h2-10,16H,11-15H2,1H3/p+2/t16-/m1/s1. The zero-order valence-corrected chi connectivity index (χ0v) is 16.2. The van der Waals surface area contributed by atoms with Gasteiger partial charge in [0.15, 0.2) is 6.04 Å². The zero-order chi connectivity index (χ0) is 18.6. The molecule has 0 radical (unpaired) electrons. The van der Waals surface area contributed by atoms with E-state index in [1.807, 2.05) is 42.5 Å². The maximum atomic E-state index is 5.98. The number of halogens is 1. The van der Waals surface area contributed by atoms with Crippen molar-refractivity contribution >= 4 is 11.6 Å². The molecule has 0 bridgehead atoms. The Hall–Kier alpha value is -2.21. The molecule has 27 heavy (non-hydrogen) atoms. The van der Waals surface area contributed by atoms with E-state index in [0.717, 1.165) is 49.2 Å². The molecule has 2 aromatic carbocycles. The van der Waals surface area contributed by atoms with Crippen LogP contribution >= 0.6 is 11.6 Å². The third-order valence-electron chi connectivity index (χ3n) is 5.41. The minimum absolute atomic E-state index is 0.215. The predicted octanol–water partition coefficient (Wildman–Crippen LogP) is 1.43. The van der Waals surface area contributed by atoms with Gasteiger partial charge >= 0.3 is 0 Å². The Morgan fingerprint density at radius 2 is 1.67 bits per heavy atom. The fraction of sp³-hybridized carbons (Fsp3) is 0.333. The van der Waals surface area contributed by atoms with Crippen molar-refractivity contribution in [3.8, 4) is 11.5 Å². The number of hydrogen-bond donors (Lipinski definition) is 2. The van der Waals surface area contributed by atoms with Crippen LogP contribution in [0.5, 0.6) is 0 Å². The molecule has 140 valence electrons. The summed E-state index contributed by atoms with van der Waals surface area (Å²) in [6, 6.07) is 18.3. The molecular weight excluding hydrogens is 360 g/mol. The van der Waals surface area contributed by atoms with Crippen molar-refractivity contribution in [3.05, 3.63) is 71.1 Å². The van der Waals surface area contributed by atoms with E-state index in [4.69, 9.17) is 16.0 Å². The van der Waals surface area contributed by atoms with Gasteiger partial charge in [0, 0.05) is 16.1 Å². The van der Waals surface area contributed by atoms with Crippen molar-refractivity contribution in [3.63, 3.8) is 0 Å². The molecule has 1 saturated heterocycles. The molecule has 1 aromatic heterocycles. The summed E-state index contributed by atoms with van der Waals surface area (Å²) < 4.78 is 5.96. The number of aromatic nitrogens is 2. The quantitative estimate of drug-likeness (QED) is 0.699. The van der Waals surface area contributed by atoms with Gasteiger partial charge < -0.3 is 14.2 Å². The van der Waals surface area contributed by atoms with Gasteiger partial charge in [-0.3, -0.25) is 0 Å². The van der Waals surface area contributed by atoms with E-state index in [2.05, 4.69) is 29.3 Å².